The molecule has 0 radical (unpaired) electrons. The fourth-order valence-corrected chi connectivity index (χ4v) is 1.73. The highest BCUT2D eigenvalue weighted by Gasteiger charge is 2.08. The van der Waals surface area contributed by atoms with Gasteiger partial charge in [-0.25, -0.2) is 13.1 Å². The summed E-state index contributed by atoms with van der Waals surface area (Å²) >= 11 is 0. The third-order valence-corrected chi connectivity index (χ3v) is 2.84. The summed E-state index contributed by atoms with van der Waals surface area (Å²) in [5.74, 6) is -0.378. The molecule has 0 bridgehead atoms. The summed E-state index contributed by atoms with van der Waals surface area (Å²) in [6.45, 7) is 1.73. The topological polar surface area (TPSA) is 75.3 Å². The summed E-state index contributed by atoms with van der Waals surface area (Å²) in [6, 6.07) is 7.42. The minimum absolute atomic E-state index is 0.253. The van der Waals surface area contributed by atoms with Crippen LogP contribution >= 0.6 is 0 Å². The summed E-state index contributed by atoms with van der Waals surface area (Å²) < 4.78 is 23.8. The van der Waals surface area contributed by atoms with Gasteiger partial charge in [-0.3, -0.25) is 4.79 Å². The van der Waals surface area contributed by atoms with Crippen molar-refractivity contribution >= 4 is 21.6 Å². The van der Waals surface area contributed by atoms with Crippen molar-refractivity contribution in [3.63, 3.8) is 0 Å². The van der Waals surface area contributed by atoms with E-state index >= 15 is 0 Å². The molecule has 2 N–H and O–H groups in total. The van der Waals surface area contributed by atoms with Crippen LogP contribution in [0.4, 0.5) is 5.69 Å². The second-order valence-electron chi connectivity index (χ2n) is 3.65. The zero-order valence-electron chi connectivity index (χ0n) is 9.86. The zero-order chi connectivity index (χ0) is 12.9. The van der Waals surface area contributed by atoms with Gasteiger partial charge in [-0.1, -0.05) is 25.1 Å². The van der Waals surface area contributed by atoms with Gasteiger partial charge >= 0.3 is 0 Å². The molecule has 0 heterocycles. The Hall–Kier alpha value is -1.40. The van der Waals surface area contributed by atoms with Crippen LogP contribution in [0.25, 0.3) is 0 Å². The van der Waals surface area contributed by atoms with Gasteiger partial charge in [0.2, 0.25) is 15.9 Å². The summed E-state index contributed by atoms with van der Waals surface area (Å²) in [4.78, 5) is 11.5. The van der Waals surface area contributed by atoms with Crippen LogP contribution in [0, 0.1) is 0 Å². The van der Waals surface area contributed by atoms with Crippen LogP contribution in [-0.2, 0) is 21.2 Å². The molecule has 0 aliphatic heterocycles. The van der Waals surface area contributed by atoms with Crippen molar-refractivity contribution in [3.8, 4) is 0 Å². The van der Waals surface area contributed by atoms with Crippen LogP contribution < -0.4 is 10.0 Å². The smallest absolute Gasteiger partial charge is 0.239 e. The third kappa shape index (κ3) is 4.97. The Morgan fingerprint density at radius 3 is 2.53 bits per heavy atom. The van der Waals surface area contributed by atoms with Crippen LogP contribution in [0.5, 0.6) is 0 Å². The highest BCUT2D eigenvalue weighted by atomic mass is 32.2. The molecule has 0 saturated heterocycles. The normalized spacial score (nSPS) is 11.2. The number of hydrogen-bond donors (Lipinski definition) is 2. The highest BCUT2D eigenvalue weighted by Crippen LogP contribution is 2.14. The molecule has 94 valence electrons. The first kappa shape index (κ1) is 13.7. The number of anilines is 1. The van der Waals surface area contributed by atoms with E-state index in [1.165, 1.54) is 0 Å². The van der Waals surface area contributed by atoms with E-state index in [1.54, 1.807) is 6.07 Å². The van der Waals surface area contributed by atoms with E-state index in [1.807, 2.05) is 25.1 Å². The average Bonchev–Trinajstić information content (AvgIpc) is 2.26. The summed E-state index contributed by atoms with van der Waals surface area (Å²) in [5.41, 5.74) is 1.73. The summed E-state index contributed by atoms with van der Waals surface area (Å²) in [7, 11) is -3.34. The van der Waals surface area contributed by atoms with Crippen molar-refractivity contribution in [2.75, 3.05) is 18.1 Å². The molecule has 6 heteroatoms. The standard InChI is InChI=1S/C11H16N2O3S/c1-3-9-6-4-5-7-10(9)13-11(14)8-12-17(2,15)16/h4-7,12H,3,8H2,1-2H3,(H,13,14). The van der Waals surface area contributed by atoms with Crippen LogP contribution in [0.2, 0.25) is 0 Å². The number of para-hydroxylation sites is 1. The molecule has 0 fully saturated rings. The maximum Gasteiger partial charge on any atom is 0.239 e. The second kappa shape index (κ2) is 5.79. The van der Waals surface area contributed by atoms with Gasteiger partial charge in [-0.15, -0.1) is 0 Å². The minimum Gasteiger partial charge on any atom is -0.325 e. The number of sulfonamides is 1. The first-order chi connectivity index (χ1) is 7.92. The van der Waals surface area contributed by atoms with Gasteiger partial charge < -0.3 is 5.32 Å². The lowest BCUT2D eigenvalue weighted by atomic mass is 10.1. The van der Waals surface area contributed by atoms with Crippen LogP contribution in [0.1, 0.15) is 12.5 Å². The number of amides is 1. The molecule has 1 amide bonds. The Balaban J connectivity index is 2.62. The zero-order valence-corrected chi connectivity index (χ0v) is 10.7. The van der Waals surface area contributed by atoms with Gasteiger partial charge in [0.15, 0.2) is 0 Å². The molecule has 0 aromatic heterocycles. The van der Waals surface area contributed by atoms with E-state index in [0.29, 0.717) is 0 Å². The van der Waals surface area contributed by atoms with Crippen LogP contribution in [0.3, 0.4) is 0 Å². The van der Waals surface area contributed by atoms with Crippen molar-refractivity contribution < 1.29 is 13.2 Å². The fourth-order valence-electron chi connectivity index (χ4n) is 1.34. The molecule has 1 rings (SSSR count). The van der Waals surface area contributed by atoms with Crippen LogP contribution in [-0.4, -0.2) is 27.1 Å². The average molecular weight is 256 g/mol. The molecule has 0 spiro atoms. The Bertz CT molecular complexity index is 497. The predicted molar refractivity (Wildman–Crippen MR) is 67.3 cm³/mol. The molecular formula is C11H16N2O3S. The Kier molecular flexibility index (Phi) is 4.65. The number of carbonyl (C=O) groups is 1. The van der Waals surface area contributed by atoms with E-state index in [9.17, 15) is 13.2 Å². The number of nitrogens with one attached hydrogen (secondary N) is 2. The molecule has 0 aliphatic rings. The monoisotopic (exact) mass is 256 g/mol. The van der Waals surface area contributed by atoms with Gasteiger partial charge in [0.25, 0.3) is 0 Å². The molecule has 17 heavy (non-hydrogen) atoms. The van der Waals surface area contributed by atoms with Gasteiger partial charge in [0, 0.05) is 5.69 Å². The molecule has 0 saturated carbocycles. The van der Waals surface area contributed by atoms with E-state index in [4.69, 9.17) is 0 Å². The Labute approximate surface area is 101 Å². The molecule has 1 aromatic rings. The minimum atomic E-state index is -3.34. The summed E-state index contributed by atoms with van der Waals surface area (Å²) in [6.07, 6.45) is 1.82. The van der Waals surface area contributed by atoms with Crippen molar-refractivity contribution in [3.05, 3.63) is 29.8 Å². The first-order valence-electron chi connectivity index (χ1n) is 5.24. The second-order valence-corrected chi connectivity index (χ2v) is 5.49. The third-order valence-electron chi connectivity index (χ3n) is 2.17. The number of aryl methyl sites for hydroxylation is 1. The van der Waals surface area contributed by atoms with Crippen LogP contribution in [0.15, 0.2) is 24.3 Å². The maximum absolute atomic E-state index is 11.5. The lowest BCUT2D eigenvalue weighted by Gasteiger charge is -2.09. The molecule has 0 atom stereocenters. The SMILES string of the molecule is CCc1ccccc1NC(=O)CNS(C)(=O)=O. The Morgan fingerprint density at radius 2 is 1.94 bits per heavy atom. The number of hydrogen-bond acceptors (Lipinski definition) is 3. The first-order valence-corrected chi connectivity index (χ1v) is 7.14. The van der Waals surface area contributed by atoms with Crippen molar-refractivity contribution in [2.24, 2.45) is 0 Å². The van der Waals surface area contributed by atoms with Gasteiger partial charge in [0.05, 0.1) is 12.8 Å². The predicted octanol–water partition coefficient (Wildman–Crippen LogP) is 0.737. The van der Waals surface area contributed by atoms with Gasteiger partial charge in [-0.2, -0.15) is 0 Å². The molecule has 1 aromatic carbocycles. The Morgan fingerprint density at radius 1 is 1.29 bits per heavy atom. The fraction of sp³-hybridized carbons (Fsp3) is 0.364. The van der Waals surface area contributed by atoms with Crippen molar-refractivity contribution in [1.29, 1.82) is 0 Å². The van der Waals surface area contributed by atoms with E-state index in [2.05, 4.69) is 10.0 Å². The number of rotatable bonds is 5. The lowest BCUT2D eigenvalue weighted by molar-refractivity contribution is -0.115. The van der Waals surface area contributed by atoms with Gasteiger partial charge in [0.1, 0.15) is 0 Å². The largest absolute Gasteiger partial charge is 0.325 e. The van der Waals surface area contributed by atoms with Gasteiger partial charge in [-0.05, 0) is 18.1 Å². The molecule has 5 nitrogen and oxygen atoms in total. The lowest BCUT2D eigenvalue weighted by Crippen LogP contribution is -2.32. The van der Waals surface area contributed by atoms with Crippen molar-refractivity contribution in [1.82, 2.24) is 4.72 Å². The number of carbonyl (C=O) groups excluding carboxylic acids is 1. The molecule has 0 unspecified atom stereocenters. The summed E-state index contributed by atoms with van der Waals surface area (Å²) in [5, 5.41) is 2.67. The van der Waals surface area contributed by atoms with E-state index in [-0.39, 0.29) is 12.5 Å². The maximum atomic E-state index is 11.5. The number of benzene rings is 1. The molecular weight excluding hydrogens is 240 g/mol. The molecule has 0 aliphatic carbocycles. The quantitative estimate of drug-likeness (QED) is 0.815. The van der Waals surface area contributed by atoms with E-state index < -0.39 is 10.0 Å². The van der Waals surface area contributed by atoms with Crippen molar-refractivity contribution in [2.45, 2.75) is 13.3 Å². The highest BCUT2D eigenvalue weighted by molar-refractivity contribution is 7.88. The van der Waals surface area contributed by atoms with E-state index in [0.717, 1.165) is 23.9 Å².